The van der Waals surface area contributed by atoms with E-state index in [4.69, 9.17) is 15.6 Å². The molecular weight excluding hydrogens is 410 g/mol. The van der Waals surface area contributed by atoms with E-state index in [9.17, 15) is 9.90 Å². The normalized spacial score (nSPS) is 14.6. The Balaban J connectivity index is 1.47. The Labute approximate surface area is 183 Å². The molecule has 10 nitrogen and oxygen atoms in total. The Morgan fingerprint density at radius 2 is 1.84 bits per heavy atom. The first kappa shape index (κ1) is 19.7. The number of hydrogen-bond acceptors (Lipinski definition) is 7. The lowest BCUT2D eigenvalue weighted by molar-refractivity contribution is 0.124. The zero-order valence-corrected chi connectivity index (χ0v) is 17.1. The van der Waals surface area contributed by atoms with Crippen LogP contribution in [0.5, 0.6) is 11.6 Å². The number of anilines is 1. The molecule has 4 aromatic rings. The molecule has 5 rings (SSSR count). The van der Waals surface area contributed by atoms with Gasteiger partial charge in [-0.15, -0.1) is 0 Å². The van der Waals surface area contributed by atoms with E-state index in [1.807, 2.05) is 41.1 Å². The molecule has 162 valence electrons. The van der Waals surface area contributed by atoms with Crippen molar-refractivity contribution >= 4 is 22.9 Å². The molecule has 0 saturated carbocycles. The second kappa shape index (κ2) is 8.14. The number of carboxylic acid groups (broad SMARTS) is 1. The van der Waals surface area contributed by atoms with Crippen LogP contribution in [-0.2, 0) is 0 Å². The zero-order chi connectivity index (χ0) is 22.1. The van der Waals surface area contributed by atoms with Gasteiger partial charge in [-0.2, -0.15) is 5.10 Å². The highest BCUT2D eigenvalue weighted by molar-refractivity contribution is 5.98. The first-order chi connectivity index (χ1) is 15.6. The largest absolute Gasteiger partial charge is 0.465 e. The predicted octanol–water partition coefficient (Wildman–Crippen LogP) is 3.58. The van der Waals surface area contributed by atoms with Gasteiger partial charge in [-0.25, -0.2) is 24.4 Å². The Hall–Kier alpha value is -4.21. The second-order valence-corrected chi connectivity index (χ2v) is 7.55. The monoisotopic (exact) mass is 431 g/mol. The topological polar surface area (TPSA) is 132 Å². The molecule has 1 fully saturated rings. The third-order valence-electron chi connectivity index (χ3n) is 5.57. The summed E-state index contributed by atoms with van der Waals surface area (Å²) in [5.41, 5.74) is 8.23. The summed E-state index contributed by atoms with van der Waals surface area (Å²) in [5, 5.41) is 14.7. The van der Waals surface area contributed by atoms with Crippen molar-refractivity contribution in [2.45, 2.75) is 18.9 Å². The molecule has 1 aliphatic rings. The number of aromatic nitrogens is 5. The third kappa shape index (κ3) is 3.66. The summed E-state index contributed by atoms with van der Waals surface area (Å²) >= 11 is 0. The molecule has 1 amide bonds. The number of amides is 1. The van der Waals surface area contributed by atoms with E-state index < -0.39 is 6.09 Å². The van der Waals surface area contributed by atoms with Gasteiger partial charge in [0.15, 0.2) is 5.65 Å². The second-order valence-electron chi connectivity index (χ2n) is 7.55. The van der Waals surface area contributed by atoms with Gasteiger partial charge >= 0.3 is 6.09 Å². The molecule has 0 bridgehead atoms. The molecule has 0 radical (unpaired) electrons. The van der Waals surface area contributed by atoms with Crippen molar-refractivity contribution in [3.63, 3.8) is 0 Å². The average Bonchev–Trinajstić information content (AvgIpc) is 3.21. The summed E-state index contributed by atoms with van der Waals surface area (Å²) in [6, 6.07) is 13.1. The molecule has 3 aromatic heterocycles. The number of para-hydroxylation sites is 1. The number of piperidine rings is 1. The molecule has 4 heterocycles. The predicted molar refractivity (Wildman–Crippen MR) is 117 cm³/mol. The minimum Gasteiger partial charge on any atom is -0.465 e. The van der Waals surface area contributed by atoms with Crippen LogP contribution in [0, 0.1) is 0 Å². The highest BCUT2D eigenvalue weighted by Crippen LogP contribution is 2.34. The van der Waals surface area contributed by atoms with E-state index >= 15 is 0 Å². The smallest absolute Gasteiger partial charge is 0.407 e. The molecule has 0 aliphatic carbocycles. The molecule has 10 heteroatoms. The lowest BCUT2D eigenvalue weighted by Gasteiger charge is -2.30. The number of fused-ring (bicyclic) bond motifs is 1. The van der Waals surface area contributed by atoms with Gasteiger partial charge in [0.25, 0.3) is 0 Å². The van der Waals surface area contributed by atoms with E-state index in [0.717, 1.165) is 5.56 Å². The fourth-order valence-electron chi connectivity index (χ4n) is 3.94. The van der Waals surface area contributed by atoms with Crippen LogP contribution in [0.3, 0.4) is 0 Å². The van der Waals surface area contributed by atoms with Crippen LogP contribution in [0.1, 0.15) is 18.9 Å². The number of likely N-dealkylation sites (tertiary alicyclic amines) is 1. The van der Waals surface area contributed by atoms with Gasteiger partial charge in [-0.3, -0.25) is 0 Å². The van der Waals surface area contributed by atoms with Crippen molar-refractivity contribution in [2.24, 2.45) is 0 Å². The Morgan fingerprint density at radius 3 is 2.53 bits per heavy atom. The van der Waals surface area contributed by atoms with Gasteiger partial charge in [0.1, 0.15) is 23.6 Å². The van der Waals surface area contributed by atoms with Crippen molar-refractivity contribution in [3.8, 4) is 22.9 Å². The lowest BCUT2D eigenvalue weighted by Crippen LogP contribution is -2.38. The summed E-state index contributed by atoms with van der Waals surface area (Å²) in [5.74, 6) is 1.51. The molecule has 0 atom stereocenters. The Morgan fingerprint density at radius 1 is 1.06 bits per heavy atom. The van der Waals surface area contributed by atoms with Gasteiger partial charge in [0.05, 0.1) is 11.4 Å². The Bertz CT molecular complexity index is 1250. The summed E-state index contributed by atoms with van der Waals surface area (Å²) in [6.45, 7) is 0.897. The number of ether oxygens (including phenoxy) is 1. The highest BCUT2D eigenvalue weighted by Gasteiger charge is 2.27. The molecule has 1 aliphatic heterocycles. The standard InChI is InChI=1S/C22H21N7O3/c23-20-18-19(14-6-7-17(24-12-14)32-16-4-2-1-3-5-16)27-29(21(18)26-13-25-20)15-8-10-28(11-9-15)22(30)31/h1-7,12-13,15H,8-11H2,(H,30,31)(H2,23,25,26). The number of nitrogens with zero attached hydrogens (tertiary/aromatic N) is 6. The van der Waals surface area contributed by atoms with E-state index in [1.54, 1.807) is 12.3 Å². The van der Waals surface area contributed by atoms with Crippen LogP contribution in [0.2, 0.25) is 0 Å². The molecule has 0 unspecified atom stereocenters. The van der Waals surface area contributed by atoms with E-state index in [-0.39, 0.29) is 6.04 Å². The third-order valence-corrected chi connectivity index (χ3v) is 5.57. The zero-order valence-electron chi connectivity index (χ0n) is 17.1. The molecule has 3 N–H and O–H groups in total. The van der Waals surface area contributed by atoms with Crippen LogP contribution < -0.4 is 10.5 Å². The van der Waals surface area contributed by atoms with Crippen LogP contribution in [0.15, 0.2) is 55.0 Å². The van der Waals surface area contributed by atoms with E-state index in [1.165, 1.54) is 11.2 Å². The van der Waals surface area contributed by atoms with Crippen LogP contribution in [0.25, 0.3) is 22.3 Å². The first-order valence-corrected chi connectivity index (χ1v) is 10.3. The number of nitrogen functional groups attached to an aromatic ring is 1. The minimum absolute atomic E-state index is 0.0183. The maximum atomic E-state index is 11.2. The van der Waals surface area contributed by atoms with E-state index in [0.29, 0.717) is 60.1 Å². The Kier molecular flexibility index (Phi) is 5.02. The van der Waals surface area contributed by atoms with Crippen LogP contribution >= 0.6 is 0 Å². The molecular formula is C22H21N7O3. The van der Waals surface area contributed by atoms with Crippen molar-refractivity contribution in [3.05, 3.63) is 55.0 Å². The van der Waals surface area contributed by atoms with Gasteiger partial charge in [0, 0.05) is 30.9 Å². The summed E-state index contributed by atoms with van der Waals surface area (Å²) in [4.78, 5) is 25.6. The number of pyridine rings is 1. The molecule has 1 saturated heterocycles. The molecule has 1 aromatic carbocycles. The number of nitrogens with two attached hydrogens (primary N) is 1. The summed E-state index contributed by atoms with van der Waals surface area (Å²) < 4.78 is 7.61. The van der Waals surface area contributed by atoms with Gasteiger partial charge < -0.3 is 20.5 Å². The maximum absolute atomic E-state index is 11.2. The first-order valence-electron chi connectivity index (χ1n) is 10.3. The number of carbonyl (C=O) groups is 1. The fourth-order valence-corrected chi connectivity index (χ4v) is 3.94. The summed E-state index contributed by atoms with van der Waals surface area (Å²) in [6.07, 6.45) is 3.50. The number of hydrogen-bond donors (Lipinski definition) is 2. The van der Waals surface area contributed by atoms with Gasteiger partial charge in [-0.05, 0) is 31.0 Å². The molecule has 0 spiro atoms. The van der Waals surface area contributed by atoms with Crippen LogP contribution in [-0.4, -0.2) is 53.9 Å². The van der Waals surface area contributed by atoms with E-state index in [2.05, 4.69) is 15.0 Å². The number of rotatable bonds is 4. The SMILES string of the molecule is Nc1ncnc2c1c(-c1ccc(Oc3ccccc3)nc1)nn2C1CCN(C(=O)O)CC1. The maximum Gasteiger partial charge on any atom is 0.407 e. The van der Waals surface area contributed by atoms with Crippen molar-refractivity contribution in [2.75, 3.05) is 18.8 Å². The van der Waals surface area contributed by atoms with Crippen molar-refractivity contribution in [1.29, 1.82) is 0 Å². The van der Waals surface area contributed by atoms with Crippen LogP contribution in [0.4, 0.5) is 10.6 Å². The number of benzene rings is 1. The minimum atomic E-state index is -0.898. The van der Waals surface area contributed by atoms with Crippen molar-refractivity contribution in [1.82, 2.24) is 29.6 Å². The van der Waals surface area contributed by atoms with Gasteiger partial charge in [-0.1, -0.05) is 18.2 Å². The highest BCUT2D eigenvalue weighted by atomic mass is 16.5. The molecule has 32 heavy (non-hydrogen) atoms. The quantitative estimate of drug-likeness (QED) is 0.501. The fraction of sp³-hybridized carbons (Fsp3) is 0.227. The van der Waals surface area contributed by atoms with Gasteiger partial charge in [0.2, 0.25) is 5.88 Å². The van der Waals surface area contributed by atoms with Crippen molar-refractivity contribution < 1.29 is 14.6 Å². The average molecular weight is 431 g/mol. The summed E-state index contributed by atoms with van der Waals surface area (Å²) in [7, 11) is 0. The lowest BCUT2D eigenvalue weighted by atomic mass is 10.1.